The van der Waals surface area contributed by atoms with E-state index in [0.717, 1.165) is 24.1 Å². The lowest BCUT2D eigenvalue weighted by Gasteiger charge is -2.26. The Morgan fingerprint density at radius 1 is 1.18 bits per heavy atom. The van der Waals surface area contributed by atoms with Gasteiger partial charge in [-0.3, -0.25) is 0 Å². The maximum absolute atomic E-state index is 5.85. The van der Waals surface area contributed by atoms with E-state index >= 15 is 0 Å². The van der Waals surface area contributed by atoms with Gasteiger partial charge in [0.05, 0.1) is 0 Å². The summed E-state index contributed by atoms with van der Waals surface area (Å²) < 4.78 is 0. The van der Waals surface area contributed by atoms with Crippen molar-refractivity contribution in [1.82, 2.24) is 0 Å². The van der Waals surface area contributed by atoms with Crippen molar-refractivity contribution in [3.05, 3.63) is 23.8 Å². The van der Waals surface area contributed by atoms with Gasteiger partial charge in [-0.05, 0) is 55.4 Å². The summed E-state index contributed by atoms with van der Waals surface area (Å²) in [7, 11) is 0. The molecule has 94 valence electrons. The van der Waals surface area contributed by atoms with E-state index in [-0.39, 0.29) is 0 Å². The molecule has 0 aromatic heterocycles. The predicted molar refractivity (Wildman–Crippen MR) is 75.2 cm³/mol. The summed E-state index contributed by atoms with van der Waals surface area (Å²) in [6.07, 6.45) is 5.52. The van der Waals surface area contributed by atoms with Crippen LogP contribution < -0.4 is 11.1 Å². The molecule has 1 aliphatic carbocycles. The van der Waals surface area contributed by atoms with Gasteiger partial charge in [0.2, 0.25) is 0 Å². The van der Waals surface area contributed by atoms with Gasteiger partial charge in [-0.15, -0.1) is 0 Å². The van der Waals surface area contributed by atoms with E-state index in [1.165, 1.54) is 36.9 Å². The first-order chi connectivity index (χ1) is 8.13. The number of nitrogens with one attached hydrogen (secondary N) is 1. The van der Waals surface area contributed by atoms with Gasteiger partial charge < -0.3 is 11.1 Å². The fraction of sp³-hybridized carbons (Fsp3) is 0.600. The molecule has 1 aromatic rings. The third-order valence-electron chi connectivity index (χ3n) is 3.83. The average molecular weight is 232 g/mol. The van der Waals surface area contributed by atoms with E-state index in [1.807, 2.05) is 12.1 Å². The summed E-state index contributed by atoms with van der Waals surface area (Å²) in [6, 6.07) is 6.20. The third kappa shape index (κ3) is 3.65. The number of nitrogen functional groups attached to an aromatic ring is 1. The average Bonchev–Trinajstić information content (AvgIpc) is 2.27. The number of aryl methyl sites for hydroxylation is 1. The maximum atomic E-state index is 5.85. The number of benzene rings is 1. The van der Waals surface area contributed by atoms with Crippen LogP contribution in [0.15, 0.2) is 18.2 Å². The molecule has 1 aliphatic rings. The summed E-state index contributed by atoms with van der Waals surface area (Å²) in [5, 5.41) is 3.53. The van der Waals surface area contributed by atoms with Gasteiger partial charge in [0.25, 0.3) is 0 Å². The molecule has 0 radical (unpaired) electrons. The summed E-state index contributed by atoms with van der Waals surface area (Å²) in [4.78, 5) is 0. The number of anilines is 2. The Labute approximate surface area is 105 Å². The van der Waals surface area contributed by atoms with Crippen LogP contribution in [0, 0.1) is 18.8 Å². The lowest BCUT2D eigenvalue weighted by atomic mass is 9.83. The van der Waals surface area contributed by atoms with Crippen LogP contribution in [-0.4, -0.2) is 6.54 Å². The van der Waals surface area contributed by atoms with E-state index in [1.54, 1.807) is 0 Å². The van der Waals surface area contributed by atoms with Crippen molar-refractivity contribution < 1.29 is 0 Å². The fourth-order valence-electron chi connectivity index (χ4n) is 2.71. The van der Waals surface area contributed by atoms with Crippen LogP contribution in [-0.2, 0) is 0 Å². The zero-order valence-electron chi connectivity index (χ0n) is 11.0. The van der Waals surface area contributed by atoms with Crippen LogP contribution in [0.3, 0.4) is 0 Å². The molecule has 1 fully saturated rings. The maximum Gasteiger partial charge on any atom is 0.0363 e. The molecule has 17 heavy (non-hydrogen) atoms. The SMILES string of the molecule is Cc1cc(N)cc(NCC2CCC(C)CC2)c1. The molecule has 0 atom stereocenters. The van der Waals surface area contributed by atoms with Crippen LogP contribution in [0.4, 0.5) is 11.4 Å². The normalized spacial score (nSPS) is 24.6. The Kier molecular flexibility index (Phi) is 3.93. The van der Waals surface area contributed by atoms with Crippen LogP contribution >= 0.6 is 0 Å². The topological polar surface area (TPSA) is 38.0 Å². The molecular weight excluding hydrogens is 208 g/mol. The second-order valence-electron chi connectivity index (χ2n) is 5.64. The first kappa shape index (κ1) is 12.3. The molecule has 0 heterocycles. The first-order valence-electron chi connectivity index (χ1n) is 6.74. The Morgan fingerprint density at radius 3 is 2.53 bits per heavy atom. The van der Waals surface area contributed by atoms with Crippen molar-refractivity contribution in [3.8, 4) is 0 Å². The van der Waals surface area contributed by atoms with Crippen LogP contribution in [0.1, 0.15) is 38.2 Å². The molecule has 0 spiro atoms. The molecule has 0 saturated heterocycles. The van der Waals surface area contributed by atoms with Crippen LogP contribution in [0.5, 0.6) is 0 Å². The van der Waals surface area contributed by atoms with E-state index < -0.39 is 0 Å². The smallest absolute Gasteiger partial charge is 0.0363 e. The molecule has 0 unspecified atom stereocenters. The zero-order chi connectivity index (χ0) is 12.3. The number of hydrogen-bond donors (Lipinski definition) is 2. The highest BCUT2D eigenvalue weighted by molar-refractivity contribution is 5.56. The van der Waals surface area contributed by atoms with Crippen molar-refractivity contribution in [3.63, 3.8) is 0 Å². The molecule has 0 aliphatic heterocycles. The molecule has 2 heteroatoms. The van der Waals surface area contributed by atoms with E-state index in [0.29, 0.717) is 0 Å². The molecule has 2 nitrogen and oxygen atoms in total. The van der Waals surface area contributed by atoms with Crippen molar-refractivity contribution >= 4 is 11.4 Å². The predicted octanol–water partition coefficient (Wildman–Crippen LogP) is 3.82. The van der Waals surface area contributed by atoms with Crippen LogP contribution in [0.25, 0.3) is 0 Å². The van der Waals surface area contributed by atoms with Gasteiger partial charge >= 0.3 is 0 Å². The molecule has 0 bridgehead atoms. The van der Waals surface area contributed by atoms with Gasteiger partial charge in [0.15, 0.2) is 0 Å². The quantitative estimate of drug-likeness (QED) is 0.778. The minimum Gasteiger partial charge on any atom is -0.399 e. The molecule has 0 amide bonds. The monoisotopic (exact) mass is 232 g/mol. The first-order valence-corrected chi connectivity index (χ1v) is 6.74. The second-order valence-corrected chi connectivity index (χ2v) is 5.64. The summed E-state index contributed by atoms with van der Waals surface area (Å²) in [5.41, 5.74) is 9.09. The van der Waals surface area contributed by atoms with Crippen molar-refractivity contribution in [2.75, 3.05) is 17.6 Å². The minimum absolute atomic E-state index is 0.841. The van der Waals surface area contributed by atoms with Crippen molar-refractivity contribution in [1.29, 1.82) is 0 Å². The van der Waals surface area contributed by atoms with Gasteiger partial charge in [0, 0.05) is 17.9 Å². The molecule has 1 saturated carbocycles. The summed E-state index contributed by atoms with van der Waals surface area (Å²) in [5.74, 6) is 1.77. The summed E-state index contributed by atoms with van der Waals surface area (Å²) in [6.45, 7) is 5.55. The second kappa shape index (κ2) is 5.44. The Bertz CT molecular complexity index is 345. The Balaban J connectivity index is 1.85. The van der Waals surface area contributed by atoms with E-state index in [2.05, 4.69) is 25.2 Å². The third-order valence-corrected chi connectivity index (χ3v) is 3.83. The lowest BCUT2D eigenvalue weighted by Crippen LogP contribution is -2.20. The molecular formula is C15H24N2. The highest BCUT2D eigenvalue weighted by Gasteiger charge is 2.17. The van der Waals surface area contributed by atoms with Gasteiger partial charge in [-0.2, -0.15) is 0 Å². The van der Waals surface area contributed by atoms with Gasteiger partial charge in [0.1, 0.15) is 0 Å². The fourth-order valence-corrected chi connectivity index (χ4v) is 2.71. The summed E-state index contributed by atoms with van der Waals surface area (Å²) >= 11 is 0. The molecule has 2 rings (SSSR count). The largest absolute Gasteiger partial charge is 0.399 e. The Hall–Kier alpha value is -1.18. The standard InChI is InChI=1S/C15H24N2/c1-11-3-5-13(6-4-11)10-17-15-8-12(2)7-14(16)9-15/h7-9,11,13,17H,3-6,10,16H2,1-2H3. The van der Waals surface area contributed by atoms with E-state index in [9.17, 15) is 0 Å². The Morgan fingerprint density at radius 2 is 1.88 bits per heavy atom. The number of hydrogen-bond acceptors (Lipinski definition) is 2. The molecule has 1 aromatic carbocycles. The zero-order valence-corrected chi connectivity index (χ0v) is 11.0. The molecule has 3 N–H and O–H groups in total. The number of nitrogens with two attached hydrogens (primary N) is 1. The van der Waals surface area contributed by atoms with Crippen molar-refractivity contribution in [2.45, 2.75) is 39.5 Å². The van der Waals surface area contributed by atoms with E-state index in [4.69, 9.17) is 5.73 Å². The van der Waals surface area contributed by atoms with Crippen LogP contribution in [0.2, 0.25) is 0 Å². The van der Waals surface area contributed by atoms with Gasteiger partial charge in [-0.25, -0.2) is 0 Å². The highest BCUT2D eigenvalue weighted by atomic mass is 14.9. The van der Waals surface area contributed by atoms with Crippen molar-refractivity contribution in [2.24, 2.45) is 11.8 Å². The van der Waals surface area contributed by atoms with Gasteiger partial charge in [-0.1, -0.05) is 19.8 Å². The lowest BCUT2D eigenvalue weighted by molar-refractivity contribution is 0.300. The minimum atomic E-state index is 0.841. The number of rotatable bonds is 3. The highest BCUT2D eigenvalue weighted by Crippen LogP contribution is 2.28.